The molecule has 0 spiro atoms. The minimum atomic E-state index is -0.962. The smallest absolute Gasteiger partial charge is 0.335 e. The number of aromatic carboxylic acids is 1. The number of carboxylic acids is 1. The van der Waals surface area contributed by atoms with Gasteiger partial charge in [0, 0.05) is 17.7 Å². The number of para-hydroxylation sites is 1. The van der Waals surface area contributed by atoms with Crippen molar-refractivity contribution in [3.63, 3.8) is 0 Å². The van der Waals surface area contributed by atoms with E-state index in [1.165, 1.54) is 17.2 Å². The van der Waals surface area contributed by atoms with Crippen LogP contribution in [0.25, 0.3) is 0 Å². The monoisotopic (exact) mass is 386 g/mol. The topological polar surface area (TPSA) is 92.5 Å². The lowest BCUT2D eigenvalue weighted by Crippen LogP contribution is -2.31. The van der Waals surface area contributed by atoms with Gasteiger partial charge < -0.3 is 10.4 Å². The first-order valence-corrected chi connectivity index (χ1v) is 9.49. The summed E-state index contributed by atoms with van der Waals surface area (Å²) in [6, 6.07) is 19.9. The summed E-state index contributed by atoms with van der Waals surface area (Å²) in [5.74, 6) is -0.909. The first-order valence-electron chi connectivity index (χ1n) is 9.49. The molecule has 0 amide bonds. The standard InChI is InChI=1S/C23H18N2O4/c26-23(27)14-9-10-19-17(12-14)21-15-6-2-1-5-13(15)11-18(21)22(24-19)16-7-3-4-8-20(16)25(28)29/h1-10,12,18,21-22,24H,11H2,(H,26,27)/t18-,21-,22+/m0/s1. The Morgan fingerprint density at radius 1 is 1.00 bits per heavy atom. The summed E-state index contributed by atoms with van der Waals surface area (Å²) in [7, 11) is 0. The average Bonchev–Trinajstić information content (AvgIpc) is 3.12. The van der Waals surface area contributed by atoms with Gasteiger partial charge in [-0.05, 0) is 47.2 Å². The summed E-state index contributed by atoms with van der Waals surface area (Å²) in [4.78, 5) is 22.9. The predicted octanol–water partition coefficient (Wildman–Crippen LogP) is 4.76. The third-order valence-electron chi connectivity index (χ3n) is 6.12. The maximum atomic E-state index is 11.7. The highest BCUT2D eigenvalue weighted by Crippen LogP contribution is 2.54. The molecule has 3 atom stereocenters. The van der Waals surface area contributed by atoms with E-state index in [4.69, 9.17) is 0 Å². The van der Waals surface area contributed by atoms with Crippen LogP contribution in [0.3, 0.4) is 0 Å². The van der Waals surface area contributed by atoms with Crippen molar-refractivity contribution >= 4 is 17.3 Å². The van der Waals surface area contributed by atoms with Gasteiger partial charge in [-0.1, -0.05) is 42.5 Å². The summed E-state index contributed by atoms with van der Waals surface area (Å²) in [5.41, 5.74) is 5.16. The van der Waals surface area contributed by atoms with E-state index in [2.05, 4.69) is 17.4 Å². The van der Waals surface area contributed by atoms with Gasteiger partial charge >= 0.3 is 5.97 Å². The van der Waals surface area contributed by atoms with Gasteiger partial charge in [-0.3, -0.25) is 10.1 Å². The molecular weight excluding hydrogens is 368 g/mol. The van der Waals surface area contributed by atoms with Gasteiger partial charge in [0.15, 0.2) is 0 Å². The van der Waals surface area contributed by atoms with Crippen LogP contribution in [0.5, 0.6) is 0 Å². The van der Waals surface area contributed by atoms with Crippen LogP contribution in [0.2, 0.25) is 0 Å². The fraction of sp³-hybridized carbons (Fsp3) is 0.174. The van der Waals surface area contributed by atoms with Gasteiger partial charge in [0.1, 0.15) is 0 Å². The van der Waals surface area contributed by atoms with Gasteiger partial charge in [0.25, 0.3) is 5.69 Å². The number of nitro benzene ring substituents is 1. The molecule has 6 nitrogen and oxygen atoms in total. The molecule has 6 heteroatoms. The fourth-order valence-electron chi connectivity index (χ4n) is 4.92. The van der Waals surface area contributed by atoms with Crippen molar-refractivity contribution in [2.45, 2.75) is 18.4 Å². The van der Waals surface area contributed by atoms with Gasteiger partial charge in [0.05, 0.1) is 22.1 Å². The minimum absolute atomic E-state index is 0.00781. The van der Waals surface area contributed by atoms with E-state index >= 15 is 0 Å². The summed E-state index contributed by atoms with van der Waals surface area (Å²) in [6.45, 7) is 0. The average molecular weight is 386 g/mol. The quantitative estimate of drug-likeness (QED) is 0.500. The Morgan fingerprint density at radius 3 is 2.48 bits per heavy atom. The zero-order valence-corrected chi connectivity index (χ0v) is 15.4. The zero-order chi connectivity index (χ0) is 20.1. The molecule has 5 rings (SSSR count). The first kappa shape index (κ1) is 17.4. The molecule has 1 heterocycles. The predicted molar refractivity (Wildman–Crippen MR) is 108 cm³/mol. The fourth-order valence-corrected chi connectivity index (χ4v) is 4.92. The molecule has 0 radical (unpaired) electrons. The summed E-state index contributed by atoms with van der Waals surface area (Å²) in [6.07, 6.45) is 0.779. The van der Waals surface area contributed by atoms with E-state index in [-0.39, 0.29) is 34.1 Å². The number of carboxylic acid groups (broad SMARTS) is 1. The van der Waals surface area contributed by atoms with Crippen LogP contribution in [-0.2, 0) is 6.42 Å². The lowest BCUT2D eigenvalue weighted by molar-refractivity contribution is -0.385. The lowest BCUT2D eigenvalue weighted by atomic mass is 9.75. The van der Waals surface area contributed by atoms with Crippen LogP contribution in [0.15, 0.2) is 66.7 Å². The number of nitrogens with one attached hydrogen (secondary N) is 1. The second-order valence-corrected chi connectivity index (χ2v) is 7.59. The second kappa shape index (κ2) is 6.44. The van der Waals surface area contributed by atoms with Gasteiger partial charge in [-0.25, -0.2) is 4.79 Å². The van der Waals surface area contributed by atoms with Crippen molar-refractivity contribution in [2.75, 3.05) is 5.32 Å². The molecule has 29 heavy (non-hydrogen) atoms. The van der Waals surface area contributed by atoms with Crippen LogP contribution in [-0.4, -0.2) is 16.0 Å². The largest absolute Gasteiger partial charge is 0.478 e. The van der Waals surface area contributed by atoms with E-state index in [0.717, 1.165) is 17.7 Å². The summed E-state index contributed by atoms with van der Waals surface area (Å²) >= 11 is 0. The van der Waals surface area contributed by atoms with Crippen LogP contribution >= 0.6 is 0 Å². The Kier molecular flexibility index (Phi) is 3.87. The normalized spacial score (nSPS) is 21.4. The van der Waals surface area contributed by atoms with Crippen molar-refractivity contribution in [1.29, 1.82) is 0 Å². The molecule has 2 N–H and O–H groups in total. The number of rotatable bonds is 3. The summed E-state index contributed by atoms with van der Waals surface area (Å²) in [5, 5.41) is 24.6. The second-order valence-electron chi connectivity index (χ2n) is 7.59. The molecule has 1 aliphatic heterocycles. The maximum Gasteiger partial charge on any atom is 0.335 e. The van der Waals surface area contributed by atoms with Crippen molar-refractivity contribution < 1.29 is 14.8 Å². The molecule has 0 bridgehead atoms. The highest BCUT2D eigenvalue weighted by molar-refractivity contribution is 5.89. The van der Waals surface area contributed by atoms with Crippen LogP contribution < -0.4 is 5.32 Å². The lowest BCUT2D eigenvalue weighted by Gasteiger charge is -2.37. The molecule has 1 aliphatic carbocycles. The molecule has 2 aliphatic rings. The van der Waals surface area contributed by atoms with Crippen LogP contribution in [0.4, 0.5) is 11.4 Å². The number of nitro groups is 1. The van der Waals surface area contributed by atoms with Crippen LogP contribution in [0.1, 0.15) is 44.6 Å². The Balaban J connectivity index is 1.71. The Hall–Kier alpha value is -3.67. The minimum Gasteiger partial charge on any atom is -0.478 e. The van der Waals surface area contributed by atoms with Crippen LogP contribution in [0, 0.1) is 16.0 Å². The SMILES string of the molecule is O=C(O)c1ccc2c(c1)[C@@H]1c3ccccc3C[C@@H]1[C@@H](c1ccccc1[N+](=O)[O-])N2. The van der Waals surface area contributed by atoms with E-state index in [1.807, 2.05) is 24.3 Å². The molecule has 0 fully saturated rings. The molecule has 144 valence electrons. The molecule has 0 aromatic heterocycles. The van der Waals surface area contributed by atoms with Crippen molar-refractivity contribution in [3.8, 4) is 0 Å². The molecule has 0 saturated heterocycles. The zero-order valence-electron chi connectivity index (χ0n) is 15.4. The number of carbonyl (C=O) groups is 1. The maximum absolute atomic E-state index is 11.7. The van der Waals surface area contributed by atoms with E-state index in [1.54, 1.807) is 24.3 Å². The number of anilines is 1. The summed E-state index contributed by atoms with van der Waals surface area (Å²) < 4.78 is 0. The van der Waals surface area contributed by atoms with Crippen molar-refractivity contribution in [3.05, 3.63) is 105 Å². The van der Waals surface area contributed by atoms with Gasteiger partial charge in [0.2, 0.25) is 0 Å². The van der Waals surface area contributed by atoms with Gasteiger partial charge in [-0.15, -0.1) is 0 Å². The number of fused-ring (bicyclic) bond motifs is 5. The number of hydrogen-bond acceptors (Lipinski definition) is 4. The molecule has 3 aromatic rings. The molecule has 0 unspecified atom stereocenters. The van der Waals surface area contributed by atoms with E-state index in [9.17, 15) is 20.0 Å². The third-order valence-corrected chi connectivity index (χ3v) is 6.12. The van der Waals surface area contributed by atoms with Crippen molar-refractivity contribution in [2.24, 2.45) is 5.92 Å². The first-order chi connectivity index (χ1) is 14.0. The van der Waals surface area contributed by atoms with E-state index < -0.39 is 5.97 Å². The Morgan fingerprint density at radius 2 is 1.72 bits per heavy atom. The highest BCUT2D eigenvalue weighted by atomic mass is 16.6. The molecular formula is C23H18N2O4. The van der Waals surface area contributed by atoms with E-state index in [0.29, 0.717) is 5.56 Å². The Labute approximate surface area is 167 Å². The Bertz CT molecular complexity index is 1160. The molecule has 3 aromatic carbocycles. The van der Waals surface area contributed by atoms with Crippen molar-refractivity contribution in [1.82, 2.24) is 0 Å². The number of benzene rings is 3. The number of hydrogen-bond donors (Lipinski definition) is 2. The number of nitrogens with zero attached hydrogens (tertiary/aromatic N) is 1. The van der Waals surface area contributed by atoms with Gasteiger partial charge in [-0.2, -0.15) is 0 Å². The highest BCUT2D eigenvalue weighted by Gasteiger charge is 2.45. The molecule has 0 saturated carbocycles. The third kappa shape index (κ3) is 2.68.